The first-order valence-corrected chi connectivity index (χ1v) is 16.8. The number of rotatable bonds is 4. The van der Waals surface area contributed by atoms with Gasteiger partial charge in [-0.1, -0.05) is 72.3 Å². The zero-order chi connectivity index (χ0) is 33.4. The number of fused-ring (bicyclic) bond motifs is 4. The maximum Gasteiger partial charge on any atom is 0.234 e. The maximum absolute atomic E-state index is 15.1. The molecule has 2 amide bonds. The van der Waals surface area contributed by atoms with Gasteiger partial charge in [0.25, 0.3) is 0 Å². The van der Waals surface area contributed by atoms with E-state index >= 15 is 4.79 Å². The van der Waals surface area contributed by atoms with Gasteiger partial charge in [-0.3, -0.25) is 24.1 Å². The van der Waals surface area contributed by atoms with Crippen molar-refractivity contribution < 1.29 is 29.0 Å². The Kier molecular flexibility index (Phi) is 7.43. The van der Waals surface area contributed by atoms with Crippen molar-refractivity contribution in [3.8, 4) is 11.5 Å². The van der Waals surface area contributed by atoms with Crippen molar-refractivity contribution in [3.05, 3.63) is 112 Å². The van der Waals surface area contributed by atoms with Crippen molar-refractivity contribution in [2.45, 2.75) is 50.5 Å². The molecule has 1 heterocycles. The summed E-state index contributed by atoms with van der Waals surface area (Å²) in [6.45, 7) is 5.58. The van der Waals surface area contributed by atoms with E-state index in [0.717, 1.165) is 5.57 Å². The van der Waals surface area contributed by atoms with Gasteiger partial charge >= 0.3 is 0 Å². The highest BCUT2D eigenvalue weighted by Crippen LogP contribution is 2.64. The molecule has 1 saturated carbocycles. The van der Waals surface area contributed by atoms with Crippen LogP contribution in [-0.4, -0.2) is 46.0 Å². The number of allylic oxidation sites excluding steroid dienone is 4. The zero-order valence-corrected chi connectivity index (χ0v) is 28.3. The molecule has 7 nitrogen and oxygen atoms in total. The van der Waals surface area contributed by atoms with Crippen molar-refractivity contribution in [2.75, 3.05) is 7.11 Å². The van der Waals surface area contributed by atoms with Crippen molar-refractivity contribution in [2.24, 2.45) is 23.7 Å². The second-order valence-electron chi connectivity index (χ2n) is 14.0. The van der Waals surface area contributed by atoms with E-state index < -0.39 is 40.5 Å². The Morgan fingerprint density at radius 1 is 0.915 bits per heavy atom. The maximum atomic E-state index is 15.1. The van der Waals surface area contributed by atoms with Crippen molar-refractivity contribution in [1.29, 1.82) is 0 Å². The van der Waals surface area contributed by atoms with Crippen molar-refractivity contribution >= 4 is 44.9 Å². The van der Waals surface area contributed by atoms with Gasteiger partial charge in [-0.25, -0.2) is 0 Å². The molecule has 6 atom stereocenters. The molecule has 1 N–H and O–H groups in total. The molecule has 7 rings (SSSR count). The van der Waals surface area contributed by atoms with Crippen LogP contribution in [0.2, 0.25) is 0 Å². The van der Waals surface area contributed by atoms with Crippen LogP contribution in [-0.2, 0) is 24.6 Å². The summed E-state index contributed by atoms with van der Waals surface area (Å²) in [5.41, 5.74) is 1.17. The second-order valence-corrected chi connectivity index (χ2v) is 14.9. The van der Waals surface area contributed by atoms with Crippen LogP contribution in [0.25, 0.3) is 5.57 Å². The number of hydrogen-bond acceptors (Lipinski definition) is 6. The number of imide groups is 1. The van der Waals surface area contributed by atoms with E-state index in [9.17, 15) is 19.5 Å². The number of methoxy groups -OCH3 is 1. The van der Waals surface area contributed by atoms with E-state index in [-0.39, 0.29) is 41.3 Å². The fourth-order valence-corrected chi connectivity index (χ4v) is 9.29. The number of likely N-dealkylation sites (tertiary alicyclic amines) is 1. The number of ketones is 2. The number of aromatic hydroxyl groups is 1. The predicted molar refractivity (Wildman–Crippen MR) is 181 cm³/mol. The highest BCUT2D eigenvalue weighted by molar-refractivity contribution is 9.10. The van der Waals surface area contributed by atoms with Gasteiger partial charge in [0, 0.05) is 22.9 Å². The summed E-state index contributed by atoms with van der Waals surface area (Å²) in [5, 5.41) is 10.8. The average molecular weight is 695 g/mol. The molecule has 1 aliphatic heterocycles. The number of hydrogen-bond donors (Lipinski definition) is 1. The van der Waals surface area contributed by atoms with E-state index in [1.54, 1.807) is 12.1 Å². The van der Waals surface area contributed by atoms with E-state index in [4.69, 9.17) is 4.74 Å². The van der Waals surface area contributed by atoms with Crippen LogP contribution in [0.3, 0.4) is 0 Å². The standard InChI is InChI=1S/C39H36BrNO6/c1-38(2,3)41-36(45)25-16-15-24-27(32(25)37(41)46)19-28-34(43)26(21-11-7-5-8-12-21)20-31(42)39(28,23-13-9-6-10-14-23)33(24)22-17-29(40)35(44)30(18-22)47-4/h5-15,17-18,20,25,27-28,32-33,44H,16,19H2,1-4H3. The Labute approximate surface area is 282 Å². The Balaban J connectivity index is 1.53. The van der Waals surface area contributed by atoms with Crippen molar-refractivity contribution in [1.82, 2.24) is 4.90 Å². The molecule has 47 heavy (non-hydrogen) atoms. The van der Waals surface area contributed by atoms with Crippen LogP contribution in [0.1, 0.15) is 56.2 Å². The first-order valence-electron chi connectivity index (χ1n) is 16.0. The predicted octanol–water partition coefficient (Wildman–Crippen LogP) is 6.79. The number of nitrogens with zero attached hydrogens (tertiary/aromatic N) is 1. The van der Waals surface area contributed by atoms with Crippen LogP contribution in [0, 0.1) is 23.7 Å². The molecule has 0 bridgehead atoms. The number of carbonyl (C=O) groups is 4. The normalized spacial score (nSPS) is 28.7. The SMILES string of the molecule is COc1cc(C2C3=CCC4C(=O)N(C(C)(C)C)C(=O)C4C3CC3C(=O)C(c4ccccc4)=CC(=O)C32c2ccccc2)cc(Br)c1O. The number of halogens is 1. The number of ether oxygens (including phenoxy) is 1. The minimum Gasteiger partial charge on any atom is -0.503 e. The molecule has 3 aliphatic carbocycles. The van der Waals surface area contributed by atoms with E-state index in [1.807, 2.05) is 87.5 Å². The number of carbonyl (C=O) groups excluding carboxylic acids is 4. The minimum absolute atomic E-state index is 0.0821. The van der Waals surface area contributed by atoms with Gasteiger partial charge in [0.05, 0.1) is 28.8 Å². The molecular formula is C39H36BrNO6. The number of phenols is 1. The third-order valence-corrected chi connectivity index (χ3v) is 11.3. The molecule has 0 radical (unpaired) electrons. The molecule has 3 aromatic rings. The Morgan fingerprint density at radius 3 is 2.21 bits per heavy atom. The largest absolute Gasteiger partial charge is 0.503 e. The molecule has 6 unspecified atom stereocenters. The summed E-state index contributed by atoms with van der Waals surface area (Å²) in [5.74, 6) is -3.86. The number of Topliss-reactive ketones (excluding diaryl/α,β-unsaturated/α-hetero) is 1. The molecule has 240 valence electrons. The lowest BCUT2D eigenvalue weighted by Gasteiger charge is -2.55. The third kappa shape index (κ3) is 4.51. The molecule has 3 aromatic carbocycles. The molecule has 8 heteroatoms. The number of phenolic OH excluding ortho intramolecular Hbond substituents is 1. The van der Waals surface area contributed by atoms with Crippen LogP contribution < -0.4 is 4.74 Å². The molecule has 0 aromatic heterocycles. The monoisotopic (exact) mass is 693 g/mol. The summed E-state index contributed by atoms with van der Waals surface area (Å²) in [7, 11) is 1.46. The molecule has 4 aliphatic rings. The molecule has 1 saturated heterocycles. The van der Waals surface area contributed by atoms with Crippen molar-refractivity contribution in [3.63, 3.8) is 0 Å². The summed E-state index contributed by atoms with van der Waals surface area (Å²) in [4.78, 5) is 59.6. The lowest BCUT2D eigenvalue weighted by molar-refractivity contribution is -0.145. The highest BCUT2D eigenvalue weighted by Gasteiger charge is 2.66. The van der Waals surface area contributed by atoms with E-state index in [2.05, 4.69) is 15.9 Å². The lowest BCUT2D eigenvalue weighted by atomic mass is 9.44. The van der Waals surface area contributed by atoms with Gasteiger partial charge in [-0.2, -0.15) is 0 Å². The summed E-state index contributed by atoms with van der Waals surface area (Å²) < 4.78 is 5.95. The van der Waals surface area contributed by atoms with Crippen LogP contribution in [0.4, 0.5) is 0 Å². The van der Waals surface area contributed by atoms with Gasteiger partial charge < -0.3 is 9.84 Å². The fourth-order valence-electron chi connectivity index (χ4n) is 8.83. The molecular weight excluding hydrogens is 658 g/mol. The first-order chi connectivity index (χ1) is 22.4. The van der Waals surface area contributed by atoms with Crippen LogP contribution in [0.15, 0.2) is 95.0 Å². The van der Waals surface area contributed by atoms with Gasteiger partial charge in [0.1, 0.15) is 0 Å². The number of amides is 2. The summed E-state index contributed by atoms with van der Waals surface area (Å²) >= 11 is 3.49. The topological polar surface area (TPSA) is 101 Å². The zero-order valence-electron chi connectivity index (χ0n) is 26.7. The Hall–Kier alpha value is -4.30. The van der Waals surface area contributed by atoms with Crippen LogP contribution >= 0.6 is 15.9 Å². The van der Waals surface area contributed by atoms with Gasteiger partial charge in [0.2, 0.25) is 11.8 Å². The first kappa shape index (κ1) is 31.3. The Morgan fingerprint density at radius 2 is 1.57 bits per heavy atom. The highest BCUT2D eigenvalue weighted by atomic mass is 79.9. The fraction of sp³-hybridized carbons (Fsp3) is 0.333. The van der Waals surface area contributed by atoms with Gasteiger partial charge in [-0.05, 0) is 90.4 Å². The lowest BCUT2D eigenvalue weighted by Crippen LogP contribution is -2.59. The average Bonchev–Trinajstić information content (AvgIpc) is 3.33. The second kappa shape index (κ2) is 11.2. The quantitative estimate of drug-likeness (QED) is 0.239. The smallest absolute Gasteiger partial charge is 0.234 e. The molecule has 2 fully saturated rings. The summed E-state index contributed by atoms with van der Waals surface area (Å²) in [6.07, 6.45) is 4.12. The van der Waals surface area contributed by atoms with Gasteiger partial charge in [0.15, 0.2) is 23.1 Å². The molecule has 0 spiro atoms. The summed E-state index contributed by atoms with van der Waals surface area (Å²) in [6, 6.07) is 22.1. The Bertz CT molecular complexity index is 1890. The van der Waals surface area contributed by atoms with E-state index in [1.165, 1.54) is 18.1 Å². The van der Waals surface area contributed by atoms with Crippen LogP contribution in [0.5, 0.6) is 11.5 Å². The third-order valence-electron chi connectivity index (χ3n) is 10.6. The number of benzene rings is 3. The van der Waals surface area contributed by atoms with E-state index in [0.29, 0.717) is 33.2 Å². The minimum atomic E-state index is -1.36. The van der Waals surface area contributed by atoms with Gasteiger partial charge in [-0.15, -0.1) is 0 Å².